The molecule has 1 aliphatic carbocycles. The smallest absolute Gasteiger partial charge is 0.264 e. The van der Waals surface area contributed by atoms with Crippen LogP contribution in [0.1, 0.15) is 54.9 Å². The average molecular weight is 592 g/mol. The molecule has 0 aromatic heterocycles. The van der Waals surface area contributed by atoms with Gasteiger partial charge in [0.1, 0.15) is 18.3 Å². The van der Waals surface area contributed by atoms with Crippen molar-refractivity contribution >= 4 is 27.5 Å². The van der Waals surface area contributed by atoms with Gasteiger partial charge >= 0.3 is 0 Å². The van der Waals surface area contributed by atoms with Crippen LogP contribution in [0.4, 0.5) is 5.69 Å². The van der Waals surface area contributed by atoms with Crippen LogP contribution in [0.3, 0.4) is 0 Å². The Balaban J connectivity index is 1.72. The first-order valence-electron chi connectivity index (χ1n) is 14.4. The summed E-state index contributed by atoms with van der Waals surface area (Å²) in [5, 5.41) is 3.10. The second-order valence-corrected chi connectivity index (χ2v) is 13.0. The zero-order valence-electron chi connectivity index (χ0n) is 25.1. The Morgan fingerprint density at radius 3 is 2.29 bits per heavy atom. The summed E-state index contributed by atoms with van der Waals surface area (Å²) < 4.78 is 34.7. The fraction of sp³-hybridized carbons (Fsp3) is 0.394. The molecule has 9 heteroatoms. The van der Waals surface area contributed by atoms with Crippen LogP contribution in [0.15, 0.2) is 71.6 Å². The Morgan fingerprint density at radius 2 is 1.62 bits per heavy atom. The minimum absolute atomic E-state index is 0.0853. The zero-order chi connectivity index (χ0) is 30.4. The van der Waals surface area contributed by atoms with Crippen molar-refractivity contribution in [2.75, 3.05) is 18.0 Å². The largest absolute Gasteiger partial charge is 0.497 e. The Hall–Kier alpha value is -3.85. The number of anilines is 1. The summed E-state index contributed by atoms with van der Waals surface area (Å²) in [6.45, 7) is 6.93. The molecule has 0 aliphatic heterocycles. The van der Waals surface area contributed by atoms with Gasteiger partial charge in [0.25, 0.3) is 10.0 Å². The van der Waals surface area contributed by atoms with E-state index in [0.717, 1.165) is 47.9 Å². The predicted molar refractivity (Wildman–Crippen MR) is 165 cm³/mol. The lowest BCUT2D eigenvalue weighted by atomic mass is 10.1. The topological polar surface area (TPSA) is 96.0 Å². The first-order valence-corrected chi connectivity index (χ1v) is 15.8. The highest BCUT2D eigenvalue weighted by molar-refractivity contribution is 7.92. The van der Waals surface area contributed by atoms with E-state index in [-0.39, 0.29) is 23.4 Å². The van der Waals surface area contributed by atoms with Gasteiger partial charge in [0.2, 0.25) is 11.8 Å². The van der Waals surface area contributed by atoms with Crippen molar-refractivity contribution in [1.82, 2.24) is 10.2 Å². The van der Waals surface area contributed by atoms with E-state index in [9.17, 15) is 18.0 Å². The predicted octanol–water partition coefficient (Wildman–Crippen LogP) is 5.29. The van der Waals surface area contributed by atoms with Crippen LogP contribution in [0, 0.1) is 20.8 Å². The molecule has 4 rings (SSSR count). The van der Waals surface area contributed by atoms with Crippen LogP contribution in [0.5, 0.6) is 5.75 Å². The number of amides is 2. The van der Waals surface area contributed by atoms with Gasteiger partial charge < -0.3 is 15.0 Å². The Morgan fingerprint density at radius 1 is 0.952 bits per heavy atom. The molecule has 1 aliphatic rings. The van der Waals surface area contributed by atoms with E-state index in [0.29, 0.717) is 11.4 Å². The highest BCUT2D eigenvalue weighted by Crippen LogP contribution is 2.29. The third-order valence-corrected chi connectivity index (χ3v) is 9.65. The van der Waals surface area contributed by atoms with Crippen LogP contribution in [-0.2, 0) is 26.2 Å². The summed E-state index contributed by atoms with van der Waals surface area (Å²) in [6.07, 6.45) is 3.95. The first-order chi connectivity index (χ1) is 20.0. The molecule has 1 fully saturated rings. The third kappa shape index (κ3) is 7.31. The van der Waals surface area contributed by atoms with Gasteiger partial charge in [-0.05, 0) is 87.6 Å². The summed E-state index contributed by atoms with van der Waals surface area (Å²) in [4.78, 5) is 29.2. The quantitative estimate of drug-likeness (QED) is 0.327. The van der Waals surface area contributed by atoms with Crippen molar-refractivity contribution in [3.63, 3.8) is 0 Å². The number of hydrogen-bond acceptors (Lipinski definition) is 5. The maximum absolute atomic E-state index is 14.2. The van der Waals surface area contributed by atoms with Crippen molar-refractivity contribution < 1.29 is 22.7 Å². The molecule has 0 spiro atoms. The summed E-state index contributed by atoms with van der Waals surface area (Å²) >= 11 is 0. The number of benzene rings is 3. The summed E-state index contributed by atoms with van der Waals surface area (Å²) in [7, 11) is -2.55. The van der Waals surface area contributed by atoms with Crippen molar-refractivity contribution in [2.24, 2.45) is 0 Å². The fourth-order valence-electron chi connectivity index (χ4n) is 5.28. The number of aryl methyl sites for hydroxylation is 3. The lowest BCUT2D eigenvalue weighted by Crippen LogP contribution is -2.52. The van der Waals surface area contributed by atoms with Crippen molar-refractivity contribution in [3.05, 3.63) is 89.0 Å². The minimum atomic E-state index is -4.12. The molecule has 224 valence electrons. The molecule has 1 N–H and O–H groups in total. The van der Waals surface area contributed by atoms with E-state index in [1.165, 1.54) is 9.21 Å². The highest BCUT2D eigenvalue weighted by Gasteiger charge is 2.34. The monoisotopic (exact) mass is 591 g/mol. The lowest BCUT2D eigenvalue weighted by Gasteiger charge is -2.33. The second kappa shape index (κ2) is 13.4. The SMILES string of the molecule is COc1cccc(CN(C(=O)CN(c2cc(C)ccc2C)S(=O)(=O)c2ccc(C)cc2)[C@@H](C)C(=O)NC2CCCC2)c1. The Bertz CT molecular complexity index is 1510. The summed E-state index contributed by atoms with van der Waals surface area (Å²) in [5.74, 6) is -0.108. The van der Waals surface area contributed by atoms with Crippen molar-refractivity contribution in [1.29, 1.82) is 0 Å². The van der Waals surface area contributed by atoms with Gasteiger partial charge in [0, 0.05) is 12.6 Å². The molecule has 42 heavy (non-hydrogen) atoms. The fourth-order valence-corrected chi connectivity index (χ4v) is 6.75. The van der Waals surface area contributed by atoms with E-state index in [2.05, 4.69) is 5.32 Å². The molecule has 1 saturated carbocycles. The number of carbonyl (C=O) groups excluding carboxylic acids is 2. The number of nitrogens with one attached hydrogen (secondary N) is 1. The number of nitrogens with zero attached hydrogens (tertiary/aromatic N) is 2. The van der Waals surface area contributed by atoms with E-state index in [1.54, 1.807) is 44.4 Å². The van der Waals surface area contributed by atoms with Crippen molar-refractivity contribution in [3.8, 4) is 5.75 Å². The van der Waals surface area contributed by atoms with Crippen LogP contribution >= 0.6 is 0 Å². The zero-order valence-corrected chi connectivity index (χ0v) is 25.9. The molecule has 8 nitrogen and oxygen atoms in total. The molecule has 0 unspecified atom stereocenters. The standard InChI is InChI=1S/C33H41N3O5S/c1-23-14-17-30(18-15-23)42(39,40)36(31-19-24(2)13-16-25(31)3)22-32(37)35(21-27-9-8-12-29(20-27)41-5)26(4)33(38)34-28-10-6-7-11-28/h8-9,12-20,26,28H,6-7,10-11,21-22H2,1-5H3,(H,34,38)/t26-/m0/s1. The molecule has 0 saturated heterocycles. The van der Waals surface area contributed by atoms with Crippen LogP contribution in [0.2, 0.25) is 0 Å². The van der Waals surface area contributed by atoms with Gasteiger partial charge in [0.15, 0.2) is 0 Å². The molecule has 3 aromatic rings. The molecule has 0 bridgehead atoms. The van der Waals surface area contributed by atoms with Crippen LogP contribution in [0.25, 0.3) is 0 Å². The van der Waals surface area contributed by atoms with E-state index in [1.807, 2.05) is 57.2 Å². The molecule has 0 heterocycles. The third-order valence-electron chi connectivity index (χ3n) is 7.88. The number of carbonyl (C=O) groups is 2. The number of sulfonamides is 1. The number of hydrogen-bond donors (Lipinski definition) is 1. The molecule has 1 atom stereocenters. The molecule has 3 aromatic carbocycles. The van der Waals surface area contributed by atoms with Crippen LogP contribution in [-0.4, -0.2) is 50.9 Å². The van der Waals surface area contributed by atoms with Crippen molar-refractivity contribution in [2.45, 2.75) is 76.9 Å². The maximum atomic E-state index is 14.2. The Labute approximate surface area is 249 Å². The van der Waals surface area contributed by atoms with Gasteiger partial charge in [-0.2, -0.15) is 0 Å². The normalized spacial score (nSPS) is 14.3. The number of rotatable bonds is 11. The first kappa shape index (κ1) is 31.1. The van der Waals surface area contributed by atoms with Gasteiger partial charge in [-0.3, -0.25) is 13.9 Å². The maximum Gasteiger partial charge on any atom is 0.264 e. The molecular formula is C33H41N3O5S. The average Bonchev–Trinajstić information content (AvgIpc) is 3.49. The van der Waals surface area contributed by atoms with E-state index in [4.69, 9.17) is 4.74 Å². The van der Waals surface area contributed by atoms with Crippen LogP contribution < -0.4 is 14.4 Å². The summed E-state index contributed by atoms with van der Waals surface area (Å²) in [5.41, 5.74) is 3.70. The van der Waals surface area contributed by atoms with Gasteiger partial charge in [0.05, 0.1) is 17.7 Å². The minimum Gasteiger partial charge on any atom is -0.497 e. The Kier molecular flexibility index (Phi) is 9.93. The molecule has 0 radical (unpaired) electrons. The van der Waals surface area contributed by atoms with Gasteiger partial charge in [-0.15, -0.1) is 0 Å². The lowest BCUT2D eigenvalue weighted by molar-refractivity contribution is -0.139. The van der Waals surface area contributed by atoms with Gasteiger partial charge in [-0.1, -0.05) is 54.8 Å². The number of methoxy groups -OCH3 is 1. The number of ether oxygens (including phenoxy) is 1. The highest BCUT2D eigenvalue weighted by atomic mass is 32.2. The molecular weight excluding hydrogens is 550 g/mol. The summed E-state index contributed by atoms with van der Waals surface area (Å²) in [6, 6.07) is 18.7. The molecule has 2 amide bonds. The van der Waals surface area contributed by atoms with E-state index >= 15 is 0 Å². The van der Waals surface area contributed by atoms with E-state index < -0.39 is 28.5 Å². The van der Waals surface area contributed by atoms with Gasteiger partial charge in [-0.25, -0.2) is 8.42 Å². The second-order valence-electron chi connectivity index (χ2n) is 11.2.